The summed E-state index contributed by atoms with van der Waals surface area (Å²) in [7, 11) is 0. The van der Waals surface area contributed by atoms with Crippen molar-refractivity contribution in [2.75, 3.05) is 6.61 Å². The van der Waals surface area contributed by atoms with Crippen LogP contribution in [-0.4, -0.2) is 28.1 Å². The van der Waals surface area contributed by atoms with Crippen molar-refractivity contribution in [2.24, 2.45) is 5.73 Å². The molecule has 1 aromatic heterocycles. The molecular formula is C6H10N4O2. The molecule has 6 nitrogen and oxygen atoms in total. The minimum Gasteiger partial charge on any atom is -0.450 e. The Kier molecular flexibility index (Phi) is 6.33. The van der Waals surface area contributed by atoms with Crippen LogP contribution in [0.25, 0.3) is 0 Å². The highest BCUT2D eigenvalue weighted by molar-refractivity contribution is 5.64. The molecule has 2 N–H and O–H groups in total. The third-order valence-electron chi connectivity index (χ3n) is 0.695. The van der Waals surface area contributed by atoms with Gasteiger partial charge < -0.3 is 10.5 Å². The second kappa shape index (κ2) is 7.39. The predicted molar refractivity (Wildman–Crippen MR) is 41.0 cm³/mol. The summed E-state index contributed by atoms with van der Waals surface area (Å²) < 4.78 is 4.18. The average molecular weight is 170 g/mol. The van der Waals surface area contributed by atoms with E-state index in [2.05, 4.69) is 25.9 Å². The Morgan fingerprint density at radius 2 is 2.08 bits per heavy atom. The quantitative estimate of drug-likeness (QED) is 0.639. The fourth-order valence-electron chi connectivity index (χ4n) is 0.347. The van der Waals surface area contributed by atoms with E-state index in [1.54, 1.807) is 25.4 Å². The van der Waals surface area contributed by atoms with E-state index in [0.29, 0.717) is 6.61 Å². The third-order valence-corrected chi connectivity index (χ3v) is 0.695. The summed E-state index contributed by atoms with van der Waals surface area (Å²) in [5, 5.41) is 10.1. The van der Waals surface area contributed by atoms with Gasteiger partial charge in [-0.3, -0.25) is 0 Å². The summed E-state index contributed by atoms with van der Waals surface area (Å²) in [4.78, 5) is 9.60. The molecule has 0 aliphatic heterocycles. The molecule has 0 aliphatic carbocycles. The van der Waals surface area contributed by atoms with Crippen LogP contribution in [0.15, 0.2) is 18.5 Å². The number of amides is 1. The van der Waals surface area contributed by atoms with Crippen molar-refractivity contribution < 1.29 is 9.53 Å². The van der Waals surface area contributed by atoms with Crippen LogP contribution < -0.4 is 5.73 Å². The molecule has 0 radical (unpaired) electrons. The van der Waals surface area contributed by atoms with E-state index < -0.39 is 6.09 Å². The lowest BCUT2D eigenvalue weighted by atomic mass is 10.7. The first-order valence-electron chi connectivity index (χ1n) is 3.28. The van der Waals surface area contributed by atoms with Crippen LogP contribution in [0.1, 0.15) is 6.92 Å². The summed E-state index contributed by atoms with van der Waals surface area (Å²) in [6.45, 7) is 2.06. The van der Waals surface area contributed by atoms with Crippen molar-refractivity contribution in [1.82, 2.24) is 15.4 Å². The molecule has 1 heterocycles. The molecule has 1 aromatic rings. The second-order valence-electron chi connectivity index (χ2n) is 1.56. The zero-order chi connectivity index (χ0) is 9.23. The van der Waals surface area contributed by atoms with Crippen LogP contribution in [0.2, 0.25) is 0 Å². The molecule has 0 bridgehead atoms. The number of carbonyl (C=O) groups is 1. The summed E-state index contributed by atoms with van der Waals surface area (Å²) >= 11 is 0. The van der Waals surface area contributed by atoms with E-state index in [0.717, 1.165) is 0 Å². The Morgan fingerprint density at radius 1 is 1.50 bits per heavy atom. The molecule has 12 heavy (non-hydrogen) atoms. The lowest BCUT2D eigenvalue weighted by Crippen LogP contribution is -2.11. The molecule has 1 rings (SSSR count). The fraction of sp³-hybridized carbons (Fsp3) is 0.333. The number of hydrogen-bond acceptors (Lipinski definition) is 5. The number of hydrogen-bond donors (Lipinski definition) is 1. The zero-order valence-electron chi connectivity index (χ0n) is 6.67. The number of rotatable bonds is 1. The Hall–Kier alpha value is -1.72. The van der Waals surface area contributed by atoms with Gasteiger partial charge in [0.15, 0.2) is 0 Å². The first kappa shape index (κ1) is 10.3. The molecule has 0 fully saturated rings. The number of nitrogens with two attached hydrogens (primary N) is 1. The van der Waals surface area contributed by atoms with Gasteiger partial charge >= 0.3 is 6.09 Å². The minimum atomic E-state index is -0.711. The Morgan fingerprint density at radius 3 is 2.17 bits per heavy atom. The monoisotopic (exact) mass is 170 g/mol. The van der Waals surface area contributed by atoms with E-state index in [9.17, 15) is 4.79 Å². The molecule has 66 valence electrons. The fourth-order valence-corrected chi connectivity index (χ4v) is 0.347. The lowest BCUT2D eigenvalue weighted by Gasteiger charge is -1.89. The Balaban J connectivity index is 0.000000202. The van der Waals surface area contributed by atoms with E-state index in [1.807, 2.05) is 0 Å². The molecule has 0 aliphatic rings. The third kappa shape index (κ3) is 8.28. The molecule has 1 amide bonds. The van der Waals surface area contributed by atoms with Gasteiger partial charge in [0.05, 0.1) is 19.0 Å². The summed E-state index contributed by atoms with van der Waals surface area (Å²) in [5.41, 5.74) is 4.54. The van der Waals surface area contributed by atoms with Crippen molar-refractivity contribution >= 4 is 6.09 Å². The highest BCUT2D eigenvalue weighted by Gasteiger charge is 1.82. The smallest absolute Gasteiger partial charge is 0.404 e. The Bertz CT molecular complexity index is 177. The Labute approximate surface area is 69.7 Å². The topological polar surface area (TPSA) is 91.0 Å². The van der Waals surface area contributed by atoms with Crippen LogP contribution in [0.3, 0.4) is 0 Å². The van der Waals surface area contributed by atoms with Crippen LogP contribution >= 0.6 is 0 Å². The maximum absolute atomic E-state index is 9.60. The normalized spacial score (nSPS) is 7.75. The zero-order valence-corrected chi connectivity index (χ0v) is 6.67. The van der Waals surface area contributed by atoms with Gasteiger partial charge in [0.1, 0.15) is 0 Å². The summed E-state index contributed by atoms with van der Waals surface area (Å²) in [6.07, 6.45) is 2.44. The van der Waals surface area contributed by atoms with Crippen LogP contribution in [0.4, 0.5) is 4.79 Å². The van der Waals surface area contributed by atoms with Crippen LogP contribution in [-0.2, 0) is 4.74 Å². The number of aromatic nitrogens is 3. The van der Waals surface area contributed by atoms with Gasteiger partial charge in [-0.1, -0.05) is 0 Å². The number of ether oxygens (including phenoxy) is 1. The van der Waals surface area contributed by atoms with Crippen molar-refractivity contribution in [3.05, 3.63) is 18.5 Å². The maximum atomic E-state index is 9.60. The van der Waals surface area contributed by atoms with Gasteiger partial charge in [-0.15, -0.1) is 10.2 Å². The van der Waals surface area contributed by atoms with Crippen molar-refractivity contribution in [1.29, 1.82) is 0 Å². The average Bonchev–Trinajstić information content (AvgIpc) is 2.08. The molecule has 0 unspecified atom stereocenters. The maximum Gasteiger partial charge on any atom is 0.404 e. The van der Waals surface area contributed by atoms with E-state index in [4.69, 9.17) is 0 Å². The van der Waals surface area contributed by atoms with Crippen LogP contribution in [0.5, 0.6) is 0 Å². The molecule has 6 heteroatoms. The van der Waals surface area contributed by atoms with Crippen molar-refractivity contribution in [3.8, 4) is 0 Å². The van der Waals surface area contributed by atoms with Gasteiger partial charge in [-0.2, -0.15) is 0 Å². The van der Waals surface area contributed by atoms with Crippen LogP contribution in [0, 0.1) is 0 Å². The largest absolute Gasteiger partial charge is 0.450 e. The SMILES string of the molecule is CCOC(N)=O.c1cnnnc1. The van der Waals surface area contributed by atoms with Gasteiger partial charge in [-0.05, 0) is 18.2 Å². The first-order chi connectivity index (χ1) is 5.77. The van der Waals surface area contributed by atoms with Gasteiger partial charge in [0, 0.05) is 0 Å². The number of carbonyl (C=O) groups excluding carboxylic acids is 1. The van der Waals surface area contributed by atoms with E-state index in [1.165, 1.54) is 0 Å². The predicted octanol–water partition coefficient (Wildman–Crippen LogP) is -0.0268. The second-order valence-corrected chi connectivity index (χ2v) is 1.56. The highest BCUT2D eigenvalue weighted by atomic mass is 16.5. The molecule has 0 aromatic carbocycles. The lowest BCUT2D eigenvalue weighted by molar-refractivity contribution is 0.163. The molecule has 0 saturated heterocycles. The van der Waals surface area contributed by atoms with Gasteiger partial charge in [0.25, 0.3) is 0 Å². The standard InChI is InChI=1S/C3H3N3.C3H7NO2/c1-2-4-6-5-3-1;1-2-6-3(4)5/h1-3H;2H2,1H3,(H2,4,5). The van der Waals surface area contributed by atoms with Crippen molar-refractivity contribution in [2.45, 2.75) is 6.92 Å². The molecular weight excluding hydrogens is 160 g/mol. The van der Waals surface area contributed by atoms with E-state index in [-0.39, 0.29) is 0 Å². The summed E-state index contributed by atoms with van der Waals surface area (Å²) in [6, 6.07) is 1.72. The van der Waals surface area contributed by atoms with E-state index >= 15 is 0 Å². The number of nitrogens with zero attached hydrogens (tertiary/aromatic N) is 3. The number of primary amides is 1. The van der Waals surface area contributed by atoms with Gasteiger partial charge in [0.2, 0.25) is 0 Å². The summed E-state index contributed by atoms with van der Waals surface area (Å²) in [5.74, 6) is 0. The molecule has 0 spiro atoms. The minimum absolute atomic E-state index is 0.356. The van der Waals surface area contributed by atoms with Gasteiger partial charge in [-0.25, -0.2) is 4.79 Å². The first-order valence-corrected chi connectivity index (χ1v) is 3.28. The molecule has 0 saturated carbocycles. The molecule has 0 atom stereocenters. The van der Waals surface area contributed by atoms with Crippen molar-refractivity contribution in [3.63, 3.8) is 0 Å². The highest BCUT2D eigenvalue weighted by Crippen LogP contribution is 1.66.